The zero-order chi connectivity index (χ0) is 27.6. The van der Waals surface area contributed by atoms with E-state index in [0.29, 0.717) is 17.0 Å². The lowest BCUT2D eigenvalue weighted by molar-refractivity contribution is -0.143. The van der Waals surface area contributed by atoms with Crippen LogP contribution in [-0.4, -0.2) is 44.0 Å². The number of amides is 2. The van der Waals surface area contributed by atoms with Gasteiger partial charge in [0.25, 0.3) is 0 Å². The predicted molar refractivity (Wildman–Crippen MR) is 147 cm³/mol. The molecule has 0 fully saturated rings. The van der Waals surface area contributed by atoms with E-state index < -0.39 is 11.6 Å². The van der Waals surface area contributed by atoms with E-state index in [0.717, 1.165) is 28.6 Å². The molecule has 0 saturated heterocycles. The predicted octanol–water partition coefficient (Wildman–Crippen LogP) is 4.54. The molecule has 39 heavy (non-hydrogen) atoms. The summed E-state index contributed by atoms with van der Waals surface area (Å²) in [6.45, 7) is 8.22. The Bertz CT molecular complexity index is 1500. The largest absolute Gasteiger partial charge is 0.454 e. The fraction of sp³-hybridized carbons (Fsp3) is 0.333. The number of fused-ring (bicyclic) bond motifs is 2. The van der Waals surface area contributed by atoms with Crippen LogP contribution in [0.15, 0.2) is 66.7 Å². The van der Waals surface area contributed by atoms with E-state index in [1.54, 1.807) is 9.58 Å². The number of benzene rings is 3. The molecule has 1 aliphatic heterocycles. The summed E-state index contributed by atoms with van der Waals surface area (Å²) in [5, 5.41) is 11.6. The minimum atomic E-state index is -0.871. The van der Waals surface area contributed by atoms with Gasteiger partial charge in [0, 0.05) is 12.1 Å². The van der Waals surface area contributed by atoms with Crippen LogP contribution in [0.2, 0.25) is 0 Å². The summed E-state index contributed by atoms with van der Waals surface area (Å²) in [6, 6.07) is 19.9. The highest BCUT2D eigenvalue weighted by Crippen LogP contribution is 2.34. The highest BCUT2D eigenvalue weighted by molar-refractivity contribution is 5.89. The molecule has 0 bridgehead atoms. The molecule has 0 saturated carbocycles. The molecular formula is C30H33N5O4. The minimum Gasteiger partial charge on any atom is -0.454 e. The number of aromatic nitrogens is 3. The molecule has 0 unspecified atom stereocenters. The van der Waals surface area contributed by atoms with Gasteiger partial charge >= 0.3 is 0 Å². The molecule has 0 aliphatic carbocycles. The van der Waals surface area contributed by atoms with Gasteiger partial charge in [0.05, 0.1) is 5.52 Å². The van der Waals surface area contributed by atoms with E-state index in [4.69, 9.17) is 9.47 Å². The van der Waals surface area contributed by atoms with Gasteiger partial charge in [-0.2, -0.15) is 0 Å². The first-order valence-corrected chi connectivity index (χ1v) is 13.1. The van der Waals surface area contributed by atoms with Crippen molar-refractivity contribution >= 4 is 22.8 Å². The summed E-state index contributed by atoms with van der Waals surface area (Å²) in [6.07, 6.45) is 0.737. The van der Waals surface area contributed by atoms with E-state index in [9.17, 15) is 9.59 Å². The molecule has 3 aromatic carbocycles. The van der Waals surface area contributed by atoms with Gasteiger partial charge in [-0.3, -0.25) is 9.59 Å². The number of para-hydroxylation sites is 1. The van der Waals surface area contributed by atoms with E-state index in [1.807, 2.05) is 94.4 Å². The van der Waals surface area contributed by atoms with Crippen molar-refractivity contribution in [3.05, 3.63) is 83.4 Å². The molecule has 1 aromatic heterocycles. The number of ether oxygens (including phenoxy) is 2. The number of carbonyl (C=O) groups is 2. The van der Waals surface area contributed by atoms with Crippen LogP contribution in [0.25, 0.3) is 11.0 Å². The van der Waals surface area contributed by atoms with Crippen molar-refractivity contribution in [3.63, 3.8) is 0 Å². The van der Waals surface area contributed by atoms with Gasteiger partial charge in [0.15, 0.2) is 11.5 Å². The van der Waals surface area contributed by atoms with E-state index in [2.05, 4.69) is 15.6 Å². The summed E-state index contributed by atoms with van der Waals surface area (Å²) in [5.74, 6) is 0.760. The van der Waals surface area contributed by atoms with Crippen molar-refractivity contribution in [2.45, 2.75) is 58.8 Å². The number of rotatable bonds is 9. The summed E-state index contributed by atoms with van der Waals surface area (Å²) >= 11 is 0. The Kier molecular flexibility index (Phi) is 7.24. The van der Waals surface area contributed by atoms with Crippen LogP contribution in [0.3, 0.4) is 0 Å². The van der Waals surface area contributed by atoms with E-state index >= 15 is 0 Å². The van der Waals surface area contributed by atoms with Gasteiger partial charge in [0.2, 0.25) is 18.6 Å². The Labute approximate surface area is 227 Å². The molecule has 2 heterocycles. The molecule has 2 amide bonds. The van der Waals surface area contributed by atoms with E-state index in [1.165, 1.54) is 0 Å². The Hall–Kier alpha value is -4.40. The Morgan fingerprint density at radius 1 is 1.05 bits per heavy atom. The molecular weight excluding hydrogens is 494 g/mol. The van der Waals surface area contributed by atoms with Crippen LogP contribution in [0.5, 0.6) is 11.5 Å². The van der Waals surface area contributed by atoms with Crippen molar-refractivity contribution in [1.29, 1.82) is 0 Å². The monoisotopic (exact) mass is 527 g/mol. The normalized spacial score (nSPS) is 13.3. The third-order valence-electron chi connectivity index (χ3n) is 7.11. The molecule has 4 aromatic rings. The molecule has 202 valence electrons. The van der Waals surface area contributed by atoms with Gasteiger partial charge in [0.1, 0.15) is 18.1 Å². The lowest BCUT2D eigenvalue weighted by Gasteiger charge is -2.34. The fourth-order valence-corrected chi connectivity index (χ4v) is 4.52. The maximum absolute atomic E-state index is 14.1. The Balaban J connectivity index is 1.55. The zero-order valence-electron chi connectivity index (χ0n) is 22.7. The first-order chi connectivity index (χ1) is 18.7. The number of hydrogen-bond donors (Lipinski definition) is 1. The highest BCUT2D eigenvalue weighted by atomic mass is 16.7. The van der Waals surface area contributed by atoms with Crippen LogP contribution >= 0.6 is 0 Å². The second-order valence-corrected chi connectivity index (χ2v) is 10.5. The fourth-order valence-electron chi connectivity index (χ4n) is 4.52. The summed E-state index contributed by atoms with van der Waals surface area (Å²) < 4.78 is 12.6. The van der Waals surface area contributed by atoms with Crippen LogP contribution in [-0.2, 0) is 22.7 Å². The SMILES string of the molecule is CCC(C)(C)NC(=O)[C@@H](c1ccc(C)cc1)N(Cc1ccc2c(c1)OCO2)C(=O)Cn1nnc2ccccc21. The van der Waals surface area contributed by atoms with Crippen molar-refractivity contribution in [2.75, 3.05) is 6.79 Å². The van der Waals surface area contributed by atoms with Gasteiger partial charge in [-0.25, -0.2) is 4.68 Å². The van der Waals surface area contributed by atoms with E-state index in [-0.39, 0.29) is 31.7 Å². The molecule has 1 N–H and O–H groups in total. The lowest BCUT2D eigenvalue weighted by atomic mass is 9.97. The van der Waals surface area contributed by atoms with Gasteiger partial charge < -0.3 is 19.7 Å². The minimum absolute atomic E-state index is 0.0716. The van der Waals surface area contributed by atoms with Crippen molar-refractivity contribution < 1.29 is 19.1 Å². The standard InChI is InChI=1S/C30H33N5O4/c1-5-30(3,4)31-29(37)28(22-13-10-20(2)11-14-22)34(17-21-12-15-25-26(16-21)39-19-38-25)27(36)18-35-24-9-7-6-8-23(24)32-33-35/h6-16,28H,5,17-19H2,1-4H3,(H,31,37)/t28-/m1/s1. The summed E-state index contributed by atoms with van der Waals surface area (Å²) in [7, 11) is 0. The smallest absolute Gasteiger partial charge is 0.247 e. The number of nitrogens with zero attached hydrogens (tertiary/aromatic N) is 4. The third-order valence-corrected chi connectivity index (χ3v) is 7.11. The zero-order valence-corrected chi connectivity index (χ0v) is 22.7. The van der Waals surface area contributed by atoms with Gasteiger partial charge in [-0.15, -0.1) is 5.10 Å². The lowest BCUT2D eigenvalue weighted by Crippen LogP contribution is -2.50. The molecule has 1 atom stereocenters. The first-order valence-electron chi connectivity index (χ1n) is 13.1. The Morgan fingerprint density at radius 3 is 2.56 bits per heavy atom. The number of aryl methyl sites for hydroxylation is 1. The number of nitrogens with one attached hydrogen (secondary N) is 1. The molecule has 1 aliphatic rings. The summed E-state index contributed by atoms with van der Waals surface area (Å²) in [5.41, 5.74) is 3.60. The van der Waals surface area contributed by atoms with Crippen molar-refractivity contribution in [1.82, 2.24) is 25.2 Å². The molecule has 0 radical (unpaired) electrons. The van der Waals surface area contributed by atoms with Crippen LogP contribution in [0.1, 0.15) is 49.9 Å². The van der Waals surface area contributed by atoms with Crippen LogP contribution in [0, 0.1) is 6.92 Å². The number of carbonyl (C=O) groups excluding carboxylic acids is 2. The quantitative estimate of drug-likeness (QED) is 0.343. The second-order valence-electron chi connectivity index (χ2n) is 10.5. The summed E-state index contributed by atoms with van der Waals surface area (Å²) in [4.78, 5) is 29.7. The maximum atomic E-state index is 14.1. The topological polar surface area (TPSA) is 98.6 Å². The molecule has 9 nitrogen and oxygen atoms in total. The average Bonchev–Trinajstić information content (AvgIpc) is 3.56. The van der Waals surface area contributed by atoms with Crippen LogP contribution < -0.4 is 14.8 Å². The van der Waals surface area contributed by atoms with Gasteiger partial charge in [-0.05, 0) is 62.6 Å². The maximum Gasteiger partial charge on any atom is 0.247 e. The average molecular weight is 528 g/mol. The molecule has 9 heteroatoms. The third kappa shape index (κ3) is 5.72. The van der Waals surface area contributed by atoms with Crippen molar-refractivity contribution in [3.8, 4) is 11.5 Å². The highest BCUT2D eigenvalue weighted by Gasteiger charge is 2.34. The van der Waals surface area contributed by atoms with Gasteiger partial charge in [-0.1, -0.05) is 60.2 Å². The molecule has 5 rings (SSSR count). The first kappa shape index (κ1) is 26.2. The Morgan fingerprint density at radius 2 is 1.79 bits per heavy atom. The number of hydrogen-bond acceptors (Lipinski definition) is 6. The second kappa shape index (κ2) is 10.8. The molecule has 0 spiro atoms. The van der Waals surface area contributed by atoms with Crippen LogP contribution in [0.4, 0.5) is 0 Å². The van der Waals surface area contributed by atoms with Crippen molar-refractivity contribution in [2.24, 2.45) is 0 Å².